The van der Waals surface area contributed by atoms with Gasteiger partial charge < -0.3 is 5.11 Å². The van der Waals surface area contributed by atoms with Crippen LogP contribution in [0.1, 0.15) is 44.7 Å². The van der Waals surface area contributed by atoms with Gasteiger partial charge in [-0.25, -0.2) is 0 Å². The Balaban J connectivity index is 3.00. The number of carboxylic acids is 1. The lowest BCUT2D eigenvalue weighted by Gasteiger charge is -2.27. The maximum Gasteiger partial charge on any atom is 0.321 e. The van der Waals surface area contributed by atoms with E-state index >= 15 is 0 Å². The van der Waals surface area contributed by atoms with Crippen molar-refractivity contribution in [2.75, 3.05) is 13.1 Å². The number of nitrogens with zero attached hydrogens (tertiary/aromatic N) is 1. The number of aliphatic carboxylic acids is 1. The van der Waals surface area contributed by atoms with Crippen LogP contribution in [0, 0.1) is 0 Å². The molecule has 0 saturated heterocycles. The van der Waals surface area contributed by atoms with Crippen LogP contribution in [0.4, 0.5) is 0 Å². The Morgan fingerprint density at radius 3 is 2.26 bits per heavy atom. The summed E-state index contributed by atoms with van der Waals surface area (Å²) in [5.74, 6) is -0.315. The van der Waals surface area contributed by atoms with Crippen LogP contribution in [-0.2, 0) is 11.2 Å². The first kappa shape index (κ1) is 15.7. The summed E-state index contributed by atoms with van der Waals surface area (Å²) in [6.07, 6.45) is 0.575. The van der Waals surface area contributed by atoms with Crippen LogP contribution in [0.3, 0.4) is 0 Å². The van der Waals surface area contributed by atoms with Crippen LogP contribution < -0.4 is 0 Å². The van der Waals surface area contributed by atoms with Gasteiger partial charge in [0.1, 0.15) is 6.04 Å². The third kappa shape index (κ3) is 4.06. The molecule has 1 atom stereocenters. The Kier molecular flexibility index (Phi) is 6.03. The summed E-state index contributed by atoms with van der Waals surface area (Å²) in [6, 6.07) is 7.72. The van der Waals surface area contributed by atoms with Gasteiger partial charge in [0.25, 0.3) is 0 Å². The summed E-state index contributed by atoms with van der Waals surface area (Å²) >= 11 is 0. The molecule has 1 aromatic rings. The Hall–Kier alpha value is -1.35. The molecule has 3 nitrogen and oxygen atoms in total. The second-order valence-electron chi connectivity index (χ2n) is 5.13. The Morgan fingerprint density at radius 1 is 1.21 bits per heavy atom. The first-order valence-corrected chi connectivity index (χ1v) is 7.05. The van der Waals surface area contributed by atoms with E-state index in [9.17, 15) is 9.90 Å². The van der Waals surface area contributed by atoms with Crippen LogP contribution in [0.25, 0.3) is 0 Å². The van der Waals surface area contributed by atoms with Crippen molar-refractivity contribution >= 4 is 5.97 Å². The van der Waals surface area contributed by atoms with Crippen molar-refractivity contribution in [3.8, 4) is 0 Å². The highest BCUT2D eigenvalue weighted by Crippen LogP contribution is 2.21. The normalized spacial score (nSPS) is 12.9. The topological polar surface area (TPSA) is 40.5 Å². The van der Waals surface area contributed by atoms with Crippen molar-refractivity contribution in [1.29, 1.82) is 0 Å². The average molecular weight is 263 g/mol. The maximum absolute atomic E-state index is 11.5. The van der Waals surface area contributed by atoms with Gasteiger partial charge in [-0.15, -0.1) is 0 Å². The highest BCUT2D eigenvalue weighted by atomic mass is 16.4. The standard InChI is InChI=1S/C16H25NO2/c1-5-17(6-2)15(16(18)19)11-13-9-7-8-10-14(13)12(3)4/h7-10,12,15H,5-6,11H2,1-4H3,(H,18,19). The van der Waals surface area contributed by atoms with Gasteiger partial charge in [0.05, 0.1) is 0 Å². The minimum Gasteiger partial charge on any atom is -0.480 e. The molecule has 1 N–H and O–H groups in total. The first-order chi connectivity index (χ1) is 9.01. The molecule has 0 bridgehead atoms. The molecule has 0 aliphatic heterocycles. The third-order valence-corrected chi connectivity index (χ3v) is 3.63. The van der Waals surface area contributed by atoms with Crippen LogP contribution in [0.2, 0.25) is 0 Å². The molecule has 1 unspecified atom stereocenters. The minimum absolute atomic E-state index is 0.419. The second kappa shape index (κ2) is 7.29. The van der Waals surface area contributed by atoms with E-state index in [0.717, 1.165) is 18.7 Å². The van der Waals surface area contributed by atoms with E-state index in [4.69, 9.17) is 0 Å². The number of carboxylic acid groups (broad SMARTS) is 1. The molecule has 0 amide bonds. The molecule has 1 aromatic carbocycles. The van der Waals surface area contributed by atoms with Gasteiger partial charge in [-0.3, -0.25) is 9.69 Å². The van der Waals surface area contributed by atoms with Gasteiger partial charge in [0.15, 0.2) is 0 Å². The summed E-state index contributed by atoms with van der Waals surface area (Å²) in [6.45, 7) is 9.83. The molecule has 0 spiro atoms. The lowest BCUT2D eigenvalue weighted by Crippen LogP contribution is -2.42. The van der Waals surface area contributed by atoms with Crippen molar-refractivity contribution in [3.05, 3.63) is 35.4 Å². The van der Waals surface area contributed by atoms with Gasteiger partial charge >= 0.3 is 5.97 Å². The molecule has 1 rings (SSSR count). The smallest absolute Gasteiger partial charge is 0.321 e. The zero-order chi connectivity index (χ0) is 14.4. The second-order valence-corrected chi connectivity index (χ2v) is 5.13. The fourth-order valence-corrected chi connectivity index (χ4v) is 2.53. The Labute approximate surface area is 116 Å². The molecule has 3 heteroatoms. The number of likely N-dealkylation sites (N-methyl/N-ethyl adjacent to an activating group) is 1. The quantitative estimate of drug-likeness (QED) is 0.821. The van der Waals surface area contributed by atoms with Crippen LogP contribution in [-0.4, -0.2) is 35.1 Å². The SMILES string of the molecule is CCN(CC)C(Cc1ccccc1C(C)C)C(=O)O. The predicted molar refractivity (Wildman–Crippen MR) is 78.6 cm³/mol. The largest absolute Gasteiger partial charge is 0.480 e. The van der Waals surface area contributed by atoms with Crippen molar-refractivity contribution in [2.24, 2.45) is 0 Å². The predicted octanol–water partition coefficient (Wildman–Crippen LogP) is 3.15. The highest BCUT2D eigenvalue weighted by Gasteiger charge is 2.24. The van der Waals surface area contributed by atoms with Crippen LogP contribution in [0.15, 0.2) is 24.3 Å². The number of benzene rings is 1. The summed E-state index contributed by atoms with van der Waals surface area (Å²) in [4.78, 5) is 13.5. The lowest BCUT2D eigenvalue weighted by atomic mass is 9.92. The maximum atomic E-state index is 11.5. The molecule has 0 fully saturated rings. The molecule has 106 valence electrons. The van der Waals surface area contributed by atoms with E-state index in [-0.39, 0.29) is 0 Å². The monoisotopic (exact) mass is 263 g/mol. The highest BCUT2D eigenvalue weighted by molar-refractivity contribution is 5.74. The van der Waals surface area contributed by atoms with Crippen molar-refractivity contribution in [2.45, 2.75) is 46.1 Å². The zero-order valence-corrected chi connectivity index (χ0v) is 12.4. The van der Waals surface area contributed by atoms with E-state index in [1.54, 1.807) is 0 Å². The number of carbonyl (C=O) groups is 1. The molecule has 0 radical (unpaired) electrons. The summed E-state index contributed by atoms with van der Waals surface area (Å²) in [5.41, 5.74) is 2.40. The van der Waals surface area contributed by atoms with E-state index in [1.165, 1.54) is 5.56 Å². The summed E-state index contributed by atoms with van der Waals surface area (Å²) in [7, 11) is 0. The lowest BCUT2D eigenvalue weighted by molar-refractivity contribution is -0.143. The minimum atomic E-state index is -0.734. The molecule has 0 saturated carbocycles. The Morgan fingerprint density at radius 2 is 1.79 bits per heavy atom. The number of rotatable bonds is 7. The summed E-state index contributed by atoms with van der Waals surface area (Å²) in [5, 5.41) is 9.46. The van der Waals surface area contributed by atoms with Gasteiger partial charge in [-0.1, -0.05) is 52.0 Å². The third-order valence-electron chi connectivity index (χ3n) is 3.63. The number of hydrogen-bond acceptors (Lipinski definition) is 2. The average Bonchev–Trinajstić information content (AvgIpc) is 2.39. The zero-order valence-electron chi connectivity index (χ0n) is 12.4. The molecule has 0 aromatic heterocycles. The first-order valence-electron chi connectivity index (χ1n) is 7.05. The van der Waals surface area contributed by atoms with Gasteiger partial charge in [0, 0.05) is 0 Å². The van der Waals surface area contributed by atoms with Crippen molar-refractivity contribution < 1.29 is 9.90 Å². The van der Waals surface area contributed by atoms with E-state index in [0.29, 0.717) is 12.3 Å². The van der Waals surface area contributed by atoms with Gasteiger partial charge in [-0.05, 0) is 36.6 Å². The number of hydrogen-bond donors (Lipinski definition) is 1. The van der Waals surface area contributed by atoms with Crippen molar-refractivity contribution in [1.82, 2.24) is 4.90 Å². The fraction of sp³-hybridized carbons (Fsp3) is 0.562. The fourth-order valence-electron chi connectivity index (χ4n) is 2.53. The van der Waals surface area contributed by atoms with Gasteiger partial charge in [-0.2, -0.15) is 0 Å². The Bertz CT molecular complexity index is 411. The molecule has 0 heterocycles. The molecule has 0 aliphatic carbocycles. The van der Waals surface area contributed by atoms with E-state index in [2.05, 4.69) is 26.0 Å². The molecule has 0 aliphatic rings. The van der Waals surface area contributed by atoms with E-state index in [1.807, 2.05) is 30.9 Å². The van der Waals surface area contributed by atoms with Crippen LogP contribution >= 0.6 is 0 Å². The molecule has 19 heavy (non-hydrogen) atoms. The van der Waals surface area contributed by atoms with Crippen molar-refractivity contribution in [3.63, 3.8) is 0 Å². The van der Waals surface area contributed by atoms with Gasteiger partial charge in [0.2, 0.25) is 0 Å². The molecular weight excluding hydrogens is 238 g/mol. The van der Waals surface area contributed by atoms with Crippen LogP contribution in [0.5, 0.6) is 0 Å². The summed E-state index contributed by atoms with van der Waals surface area (Å²) < 4.78 is 0. The van der Waals surface area contributed by atoms with E-state index < -0.39 is 12.0 Å². The molecular formula is C16H25NO2.